The molecule has 0 saturated heterocycles. The van der Waals surface area contributed by atoms with Crippen molar-refractivity contribution in [3.63, 3.8) is 0 Å². The number of hydrogen-bond donors (Lipinski definition) is 0. The van der Waals surface area contributed by atoms with Crippen LogP contribution in [-0.2, 0) is 28.6 Å². The minimum Gasteiger partial charge on any atom is -0.462 e. The monoisotopic (exact) mass is 867 g/mol. The molecule has 0 fully saturated rings. The first-order chi connectivity index (χ1) is 30.5. The van der Waals surface area contributed by atoms with Gasteiger partial charge in [-0.25, -0.2) is 0 Å². The lowest BCUT2D eigenvalue weighted by atomic mass is 10.0. The minimum atomic E-state index is -0.783. The zero-order valence-electron chi connectivity index (χ0n) is 40.9. The first-order valence-corrected chi connectivity index (χ1v) is 26.3. The number of carbonyl (C=O) groups excluding carboxylic acids is 3. The standard InChI is InChI=1S/C56H98O6/c1-4-7-10-13-16-19-22-25-27-28-29-32-34-37-40-43-46-49-55(58)61-52-53(51-60-54(57)48-45-42-39-36-33-30-24-21-18-15-12-9-6-3)62-56(59)50-47-44-41-38-35-31-26-23-20-17-14-11-8-5-2/h7,10,14,16-17,19,23,25-27,53H,4-6,8-9,11-13,15,18,20-22,24,28-52H2,1-3H3/b10-7-,17-14-,19-16-,26-23-,27-25-. The van der Waals surface area contributed by atoms with Crippen LogP contribution in [0.4, 0.5) is 0 Å². The van der Waals surface area contributed by atoms with Crippen LogP contribution < -0.4 is 0 Å². The lowest BCUT2D eigenvalue weighted by Gasteiger charge is -2.18. The highest BCUT2D eigenvalue weighted by Crippen LogP contribution is 2.15. The third kappa shape index (κ3) is 48.1. The van der Waals surface area contributed by atoms with Crippen LogP contribution in [0.5, 0.6) is 0 Å². The predicted molar refractivity (Wildman–Crippen MR) is 265 cm³/mol. The summed E-state index contributed by atoms with van der Waals surface area (Å²) in [6, 6.07) is 0. The van der Waals surface area contributed by atoms with E-state index in [1.165, 1.54) is 109 Å². The Morgan fingerprint density at radius 1 is 0.339 bits per heavy atom. The average Bonchev–Trinajstić information content (AvgIpc) is 3.27. The molecule has 0 aliphatic heterocycles. The van der Waals surface area contributed by atoms with E-state index in [9.17, 15) is 14.4 Å². The van der Waals surface area contributed by atoms with Gasteiger partial charge in [0.15, 0.2) is 6.10 Å². The van der Waals surface area contributed by atoms with Gasteiger partial charge in [-0.3, -0.25) is 14.4 Å². The second kappa shape index (κ2) is 50.8. The molecule has 0 amide bonds. The Kier molecular flexibility index (Phi) is 48.4. The Morgan fingerprint density at radius 3 is 1.03 bits per heavy atom. The molecule has 0 aromatic carbocycles. The van der Waals surface area contributed by atoms with Crippen molar-refractivity contribution in [2.75, 3.05) is 13.2 Å². The number of esters is 3. The SMILES string of the molecule is CC/C=C\C/C=C\C/C=C\CCCCCCCCCC(=O)OCC(COC(=O)CCCCCCCCCCCCCCC)OC(=O)CCCCCCC/C=C\C/C=C\CCCC. The zero-order chi connectivity index (χ0) is 45.1. The Balaban J connectivity index is 4.39. The molecule has 0 aliphatic carbocycles. The number of hydrogen-bond acceptors (Lipinski definition) is 6. The van der Waals surface area contributed by atoms with E-state index in [1.807, 2.05) is 0 Å². The molecular weight excluding hydrogens is 769 g/mol. The van der Waals surface area contributed by atoms with Crippen molar-refractivity contribution in [1.29, 1.82) is 0 Å². The van der Waals surface area contributed by atoms with E-state index < -0.39 is 6.10 Å². The third-order valence-corrected chi connectivity index (χ3v) is 11.3. The van der Waals surface area contributed by atoms with Crippen molar-refractivity contribution in [2.45, 2.75) is 264 Å². The minimum absolute atomic E-state index is 0.0812. The van der Waals surface area contributed by atoms with Crippen LogP contribution in [0, 0.1) is 0 Å². The fraction of sp³-hybridized carbons (Fsp3) is 0.768. The van der Waals surface area contributed by atoms with Gasteiger partial charge in [0.1, 0.15) is 13.2 Å². The largest absolute Gasteiger partial charge is 0.462 e. The number of rotatable bonds is 47. The molecule has 0 heterocycles. The summed E-state index contributed by atoms with van der Waals surface area (Å²) in [5, 5.41) is 0. The van der Waals surface area contributed by atoms with E-state index in [-0.39, 0.29) is 31.1 Å². The number of ether oxygens (including phenoxy) is 3. The second-order valence-electron chi connectivity index (χ2n) is 17.4. The molecule has 0 N–H and O–H groups in total. The quantitative estimate of drug-likeness (QED) is 0.0262. The molecule has 0 aromatic heterocycles. The van der Waals surface area contributed by atoms with Crippen LogP contribution >= 0.6 is 0 Å². The van der Waals surface area contributed by atoms with E-state index >= 15 is 0 Å². The molecule has 0 bridgehead atoms. The van der Waals surface area contributed by atoms with Crippen LogP contribution in [0.3, 0.4) is 0 Å². The van der Waals surface area contributed by atoms with Gasteiger partial charge in [-0.05, 0) is 77.0 Å². The van der Waals surface area contributed by atoms with Gasteiger partial charge in [-0.2, -0.15) is 0 Å². The van der Waals surface area contributed by atoms with Crippen molar-refractivity contribution in [3.05, 3.63) is 60.8 Å². The average molecular weight is 867 g/mol. The lowest BCUT2D eigenvalue weighted by molar-refractivity contribution is -0.167. The van der Waals surface area contributed by atoms with E-state index in [1.54, 1.807) is 0 Å². The smallest absolute Gasteiger partial charge is 0.306 e. The van der Waals surface area contributed by atoms with E-state index in [4.69, 9.17) is 14.2 Å². The summed E-state index contributed by atoms with van der Waals surface area (Å²) in [6.07, 6.45) is 62.0. The first-order valence-electron chi connectivity index (χ1n) is 26.3. The van der Waals surface area contributed by atoms with Crippen LogP contribution in [0.1, 0.15) is 258 Å². The summed E-state index contributed by atoms with van der Waals surface area (Å²) < 4.78 is 16.8. The van der Waals surface area contributed by atoms with Gasteiger partial charge in [0, 0.05) is 19.3 Å². The molecule has 6 heteroatoms. The number of allylic oxidation sites excluding steroid dienone is 10. The molecule has 0 saturated carbocycles. The summed E-state index contributed by atoms with van der Waals surface area (Å²) in [5.74, 6) is -0.899. The van der Waals surface area contributed by atoms with Gasteiger partial charge in [-0.15, -0.1) is 0 Å². The molecule has 0 spiro atoms. The molecule has 0 radical (unpaired) electrons. The molecule has 0 aromatic rings. The summed E-state index contributed by atoms with van der Waals surface area (Å²) in [4.78, 5) is 38.0. The van der Waals surface area contributed by atoms with Gasteiger partial charge in [0.2, 0.25) is 0 Å². The Morgan fingerprint density at radius 2 is 0.645 bits per heavy atom. The molecule has 6 nitrogen and oxygen atoms in total. The fourth-order valence-electron chi connectivity index (χ4n) is 7.30. The van der Waals surface area contributed by atoms with Crippen LogP contribution in [0.15, 0.2) is 60.8 Å². The van der Waals surface area contributed by atoms with Gasteiger partial charge < -0.3 is 14.2 Å². The molecule has 62 heavy (non-hydrogen) atoms. The van der Waals surface area contributed by atoms with Gasteiger partial charge in [0.25, 0.3) is 0 Å². The lowest BCUT2D eigenvalue weighted by Crippen LogP contribution is -2.30. The fourth-order valence-corrected chi connectivity index (χ4v) is 7.30. The van der Waals surface area contributed by atoms with Gasteiger partial charge >= 0.3 is 17.9 Å². The van der Waals surface area contributed by atoms with Gasteiger partial charge in [0.05, 0.1) is 0 Å². The topological polar surface area (TPSA) is 78.9 Å². The highest BCUT2D eigenvalue weighted by Gasteiger charge is 2.19. The molecule has 1 unspecified atom stereocenters. The summed E-state index contributed by atoms with van der Waals surface area (Å²) in [5.41, 5.74) is 0. The highest BCUT2D eigenvalue weighted by molar-refractivity contribution is 5.71. The maximum atomic E-state index is 12.8. The van der Waals surface area contributed by atoms with Crippen molar-refractivity contribution < 1.29 is 28.6 Å². The van der Waals surface area contributed by atoms with E-state index in [0.29, 0.717) is 19.3 Å². The van der Waals surface area contributed by atoms with Crippen molar-refractivity contribution >= 4 is 17.9 Å². The molecule has 0 aliphatic rings. The molecule has 358 valence electrons. The Hall–Kier alpha value is -2.89. The van der Waals surface area contributed by atoms with Crippen molar-refractivity contribution in [2.24, 2.45) is 0 Å². The second-order valence-corrected chi connectivity index (χ2v) is 17.4. The molecule has 1 atom stereocenters. The number of unbranched alkanes of at least 4 members (excludes halogenated alkanes) is 26. The predicted octanol–water partition coefficient (Wildman–Crippen LogP) is 17.3. The summed E-state index contributed by atoms with van der Waals surface area (Å²) in [6.45, 7) is 6.48. The van der Waals surface area contributed by atoms with Crippen molar-refractivity contribution in [3.8, 4) is 0 Å². The van der Waals surface area contributed by atoms with Crippen molar-refractivity contribution in [1.82, 2.24) is 0 Å². The van der Waals surface area contributed by atoms with Crippen LogP contribution in [0.25, 0.3) is 0 Å². The van der Waals surface area contributed by atoms with E-state index in [2.05, 4.69) is 81.5 Å². The Bertz CT molecular complexity index is 1130. The summed E-state index contributed by atoms with van der Waals surface area (Å²) >= 11 is 0. The highest BCUT2D eigenvalue weighted by atomic mass is 16.6. The molecule has 0 rings (SSSR count). The van der Waals surface area contributed by atoms with Gasteiger partial charge in [-0.1, -0.05) is 223 Å². The van der Waals surface area contributed by atoms with Crippen LogP contribution in [0.2, 0.25) is 0 Å². The maximum Gasteiger partial charge on any atom is 0.306 e. The Labute approximate surface area is 383 Å². The summed E-state index contributed by atoms with van der Waals surface area (Å²) in [7, 11) is 0. The third-order valence-electron chi connectivity index (χ3n) is 11.3. The van der Waals surface area contributed by atoms with E-state index in [0.717, 1.165) is 109 Å². The zero-order valence-corrected chi connectivity index (χ0v) is 40.9. The van der Waals surface area contributed by atoms with Crippen LogP contribution in [-0.4, -0.2) is 37.2 Å². The normalized spacial score (nSPS) is 12.5. The molecular formula is C56H98O6. The first kappa shape index (κ1) is 59.1. The number of carbonyl (C=O) groups is 3. The maximum absolute atomic E-state index is 12.8.